The molecule has 3 aromatic rings. The largest absolute Gasteiger partial charge is 0.497 e. The summed E-state index contributed by atoms with van der Waals surface area (Å²) in [5.41, 5.74) is 2.64. The van der Waals surface area contributed by atoms with Gasteiger partial charge in [0.05, 0.1) is 7.11 Å². The van der Waals surface area contributed by atoms with Crippen molar-refractivity contribution in [3.05, 3.63) is 53.3 Å². The summed E-state index contributed by atoms with van der Waals surface area (Å²) >= 11 is 5.96. The summed E-state index contributed by atoms with van der Waals surface area (Å²) in [4.78, 5) is 4.49. The molecule has 2 heterocycles. The number of methoxy groups -OCH3 is 1. The van der Waals surface area contributed by atoms with Crippen molar-refractivity contribution in [2.75, 3.05) is 7.11 Å². The summed E-state index contributed by atoms with van der Waals surface area (Å²) in [7, 11) is 1.61. The predicted molar refractivity (Wildman–Crippen MR) is 76.9 cm³/mol. The molecule has 98 valence electrons. The fourth-order valence-corrected chi connectivity index (χ4v) is 2.23. The number of ether oxygens (including phenoxy) is 1. The molecule has 0 saturated carbocycles. The highest BCUT2D eigenvalue weighted by Gasteiger charge is 2.13. The van der Waals surface area contributed by atoms with E-state index >= 15 is 0 Å². The van der Waals surface area contributed by atoms with Crippen LogP contribution in [0.3, 0.4) is 0 Å². The quantitative estimate of drug-likeness (QED) is 0.723. The predicted octanol–water partition coefficient (Wildman–Crippen LogP) is 3.53. The Labute approximate surface area is 120 Å². The molecule has 1 aromatic carbocycles. The Morgan fingerprint density at radius 2 is 2.00 bits per heavy atom. The summed E-state index contributed by atoms with van der Waals surface area (Å²) in [5.74, 6) is 0.763. The van der Waals surface area contributed by atoms with Crippen LogP contribution in [0.1, 0.15) is 5.69 Å². The number of imidazole rings is 1. The van der Waals surface area contributed by atoms with Gasteiger partial charge in [0.25, 0.3) is 0 Å². The van der Waals surface area contributed by atoms with Gasteiger partial charge in [0, 0.05) is 22.8 Å². The molecule has 4 nitrogen and oxygen atoms in total. The Bertz CT molecular complexity index is 815. The van der Waals surface area contributed by atoms with Crippen molar-refractivity contribution in [1.29, 1.82) is 5.26 Å². The Hall–Kier alpha value is -2.51. The van der Waals surface area contributed by atoms with Crippen LogP contribution >= 0.6 is 11.6 Å². The lowest BCUT2D eigenvalue weighted by atomic mass is 10.1. The number of aromatic nitrogens is 2. The Morgan fingerprint density at radius 3 is 2.65 bits per heavy atom. The standard InChI is InChI=1S/C15H10ClN3O/c1-20-12-4-2-10(3-5-12)15-13(9-17)19-7-6-11(16)8-14(19)18-15/h2-8H,1H3. The van der Waals surface area contributed by atoms with Crippen molar-refractivity contribution in [3.63, 3.8) is 0 Å². The van der Waals surface area contributed by atoms with E-state index in [0.29, 0.717) is 22.1 Å². The third-order valence-electron chi connectivity index (χ3n) is 3.06. The van der Waals surface area contributed by atoms with Gasteiger partial charge in [-0.3, -0.25) is 4.40 Å². The average Bonchev–Trinajstić information content (AvgIpc) is 2.84. The molecule has 3 rings (SSSR count). The molecule has 0 aliphatic heterocycles. The van der Waals surface area contributed by atoms with Crippen LogP contribution in [0, 0.1) is 11.3 Å². The van der Waals surface area contributed by atoms with Crippen LogP contribution in [-0.4, -0.2) is 16.5 Å². The molecule has 0 fully saturated rings. The molecule has 0 amide bonds. The lowest BCUT2D eigenvalue weighted by Crippen LogP contribution is -1.88. The zero-order valence-electron chi connectivity index (χ0n) is 10.7. The first kappa shape index (κ1) is 12.5. The molecule has 0 bridgehead atoms. The smallest absolute Gasteiger partial charge is 0.152 e. The van der Waals surface area contributed by atoms with Gasteiger partial charge < -0.3 is 4.74 Å². The maximum absolute atomic E-state index is 9.37. The van der Waals surface area contributed by atoms with Crippen LogP contribution in [-0.2, 0) is 0 Å². The molecule has 5 heteroatoms. The molecule has 0 saturated heterocycles. The third-order valence-corrected chi connectivity index (χ3v) is 3.29. The van der Waals surface area contributed by atoms with Crippen molar-refractivity contribution >= 4 is 17.2 Å². The number of hydrogen-bond donors (Lipinski definition) is 0. The monoisotopic (exact) mass is 283 g/mol. The second-order valence-corrected chi connectivity index (χ2v) is 4.66. The zero-order valence-corrected chi connectivity index (χ0v) is 11.4. The summed E-state index contributed by atoms with van der Waals surface area (Å²) < 4.78 is 6.86. The van der Waals surface area contributed by atoms with E-state index in [-0.39, 0.29) is 0 Å². The van der Waals surface area contributed by atoms with Crippen molar-refractivity contribution < 1.29 is 4.74 Å². The molecule has 0 aliphatic carbocycles. The molecule has 0 N–H and O–H groups in total. The van der Waals surface area contributed by atoms with E-state index in [9.17, 15) is 5.26 Å². The summed E-state index contributed by atoms with van der Waals surface area (Å²) in [6.07, 6.45) is 1.75. The SMILES string of the molecule is COc1ccc(-c2nc3cc(Cl)ccn3c2C#N)cc1. The van der Waals surface area contributed by atoms with Crippen molar-refractivity contribution in [1.82, 2.24) is 9.38 Å². The van der Waals surface area contributed by atoms with Gasteiger partial charge in [0.2, 0.25) is 0 Å². The van der Waals surface area contributed by atoms with Gasteiger partial charge in [-0.1, -0.05) is 11.6 Å². The Kier molecular flexibility index (Phi) is 3.05. The van der Waals surface area contributed by atoms with Crippen molar-refractivity contribution in [2.24, 2.45) is 0 Å². The number of benzene rings is 1. The van der Waals surface area contributed by atoms with Gasteiger partial charge in [-0.25, -0.2) is 4.98 Å². The maximum Gasteiger partial charge on any atom is 0.152 e. The lowest BCUT2D eigenvalue weighted by Gasteiger charge is -2.01. The van der Waals surface area contributed by atoms with Gasteiger partial charge in [-0.05, 0) is 30.3 Å². The highest BCUT2D eigenvalue weighted by atomic mass is 35.5. The van der Waals surface area contributed by atoms with E-state index in [0.717, 1.165) is 11.3 Å². The molecule has 0 spiro atoms. The van der Waals surface area contributed by atoms with E-state index in [1.165, 1.54) is 0 Å². The number of halogens is 1. The fraction of sp³-hybridized carbons (Fsp3) is 0.0667. The fourth-order valence-electron chi connectivity index (χ4n) is 2.08. The first-order valence-electron chi connectivity index (χ1n) is 5.95. The van der Waals surface area contributed by atoms with Crippen LogP contribution in [0.4, 0.5) is 0 Å². The first-order chi connectivity index (χ1) is 9.72. The third kappa shape index (κ3) is 1.98. The van der Waals surface area contributed by atoms with E-state index in [1.54, 1.807) is 29.8 Å². The minimum atomic E-state index is 0.488. The molecule has 0 radical (unpaired) electrons. The second-order valence-electron chi connectivity index (χ2n) is 4.22. The van der Waals surface area contributed by atoms with Crippen LogP contribution in [0.5, 0.6) is 5.75 Å². The first-order valence-corrected chi connectivity index (χ1v) is 6.33. The Balaban J connectivity index is 2.22. The minimum Gasteiger partial charge on any atom is -0.497 e. The normalized spacial score (nSPS) is 10.4. The average molecular weight is 284 g/mol. The van der Waals surface area contributed by atoms with Crippen LogP contribution in [0.2, 0.25) is 5.02 Å². The molecule has 0 atom stereocenters. The molecule has 20 heavy (non-hydrogen) atoms. The van der Waals surface area contributed by atoms with Crippen molar-refractivity contribution in [3.8, 4) is 23.1 Å². The minimum absolute atomic E-state index is 0.488. The van der Waals surface area contributed by atoms with Gasteiger partial charge in [-0.2, -0.15) is 5.26 Å². The molecule has 0 aliphatic rings. The number of rotatable bonds is 2. The highest BCUT2D eigenvalue weighted by Crippen LogP contribution is 2.26. The lowest BCUT2D eigenvalue weighted by molar-refractivity contribution is 0.415. The Morgan fingerprint density at radius 1 is 1.25 bits per heavy atom. The molecule has 0 unspecified atom stereocenters. The highest BCUT2D eigenvalue weighted by molar-refractivity contribution is 6.30. The molecule has 2 aromatic heterocycles. The van der Waals surface area contributed by atoms with E-state index in [4.69, 9.17) is 16.3 Å². The topological polar surface area (TPSA) is 50.3 Å². The number of nitriles is 1. The second kappa shape index (κ2) is 4.87. The zero-order chi connectivity index (χ0) is 14.1. The summed E-state index contributed by atoms with van der Waals surface area (Å²) in [6, 6.07) is 13.1. The van der Waals surface area contributed by atoms with Gasteiger partial charge in [0.1, 0.15) is 23.2 Å². The van der Waals surface area contributed by atoms with Gasteiger partial charge >= 0.3 is 0 Å². The summed E-state index contributed by atoms with van der Waals surface area (Å²) in [5, 5.41) is 9.96. The van der Waals surface area contributed by atoms with E-state index in [2.05, 4.69) is 11.1 Å². The molecular weight excluding hydrogens is 274 g/mol. The van der Waals surface area contributed by atoms with E-state index in [1.807, 2.05) is 24.3 Å². The van der Waals surface area contributed by atoms with Gasteiger partial charge in [-0.15, -0.1) is 0 Å². The maximum atomic E-state index is 9.37. The molecular formula is C15H10ClN3O. The number of hydrogen-bond acceptors (Lipinski definition) is 3. The van der Waals surface area contributed by atoms with Crippen LogP contribution < -0.4 is 4.74 Å². The summed E-state index contributed by atoms with van der Waals surface area (Å²) in [6.45, 7) is 0. The van der Waals surface area contributed by atoms with Crippen molar-refractivity contribution in [2.45, 2.75) is 0 Å². The number of nitrogens with zero attached hydrogens (tertiary/aromatic N) is 3. The number of pyridine rings is 1. The number of fused-ring (bicyclic) bond motifs is 1. The van der Waals surface area contributed by atoms with Crippen LogP contribution in [0.25, 0.3) is 16.9 Å². The van der Waals surface area contributed by atoms with Crippen LogP contribution in [0.15, 0.2) is 42.6 Å². The van der Waals surface area contributed by atoms with Gasteiger partial charge in [0.15, 0.2) is 5.69 Å². The van der Waals surface area contributed by atoms with E-state index < -0.39 is 0 Å².